The van der Waals surface area contributed by atoms with Crippen molar-refractivity contribution in [3.8, 4) is 0 Å². The monoisotopic (exact) mass is 279 g/mol. The van der Waals surface area contributed by atoms with Gasteiger partial charge >= 0.3 is 0 Å². The Hall–Kier alpha value is -1.76. The predicted molar refractivity (Wildman–Crippen MR) is 92.8 cm³/mol. The summed E-state index contributed by atoms with van der Waals surface area (Å²) in [6, 6.07) is 17.6. The van der Waals surface area contributed by atoms with Crippen LogP contribution in [0.4, 0.5) is 0 Å². The Morgan fingerprint density at radius 2 is 1.43 bits per heavy atom. The van der Waals surface area contributed by atoms with Gasteiger partial charge < -0.3 is 4.57 Å². The predicted octanol–water partition coefficient (Wildman–Crippen LogP) is 6.01. The quantitative estimate of drug-likeness (QED) is 0.520. The third-order valence-electron chi connectivity index (χ3n) is 4.66. The SMILES string of the molecule is CCCC[C@@H](CC)Cn1c2ccccc2c2ccccc21. The molecule has 21 heavy (non-hydrogen) atoms. The van der Waals surface area contributed by atoms with Crippen LogP contribution in [0.3, 0.4) is 0 Å². The van der Waals surface area contributed by atoms with E-state index < -0.39 is 0 Å². The van der Waals surface area contributed by atoms with Gasteiger partial charge in [0.2, 0.25) is 0 Å². The molecule has 1 heteroatoms. The first-order valence-corrected chi connectivity index (χ1v) is 8.31. The summed E-state index contributed by atoms with van der Waals surface area (Å²) in [4.78, 5) is 0. The molecule has 1 aromatic heterocycles. The van der Waals surface area contributed by atoms with Crippen molar-refractivity contribution in [1.82, 2.24) is 4.57 Å². The molecule has 110 valence electrons. The number of hydrogen-bond donors (Lipinski definition) is 0. The summed E-state index contributed by atoms with van der Waals surface area (Å²) in [7, 11) is 0. The van der Waals surface area contributed by atoms with Crippen molar-refractivity contribution < 1.29 is 0 Å². The van der Waals surface area contributed by atoms with Crippen molar-refractivity contribution >= 4 is 21.8 Å². The average molecular weight is 279 g/mol. The first kappa shape index (κ1) is 14.2. The lowest BCUT2D eigenvalue weighted by atomic mass is 9.99. The van der Waals surface area contributed by atoms with Crippen LogP contribution in [-0.4, -0.2) is 4.57 Å². The molecule has 2 aromatic carbocycles. The van der Waals surface area contributed by atoms with E-state index in [4.69, 9.17) is 0 Å². The molecular formula is C20H25N. The van der Waals surface area contributed by atoms with Crippen LogP contribution in [0.25, 0.3) is 21.8 Å². The molecule has 0 fully saturated rings. The van der Waals surface area contributed by atoms with Gasteiger partial charge in [-0.1, -0.05) is 69.5 Å². The maximum Gasteiger partial charge on any atom is 0.0491 e. The van der Waals surface area contributed by atoms with Crippen molar-refractivity contribution in [1.29, 1.82) is 0 Å². The minimum absolute atomic E-state index is 0.782. The number of para-hydroxylation sites is 2. The van der Waals surface area contributed by atoms with Crippen LogP contribution in [0.5, 0.6) is 0 Å². The van der Waals surface area contributed by atoms with Gasteiger partial charge in [-0.25, -0.2) is 0 Å². The second-order valence-corrected chi connectivity index (χ2v) is 6.06. The Bertz CT molecular complexity index is 670. The summed E-state index contributed by atoms with van der Waals surface area (Å²) in [5.41, 5.74) is 2.77. The van der Waals surface area contributed by atoms with Crippen molar-refractivity contribution in [3.63, 3.8) is 0 Å². The molecule has 0 aliphatic heterocycles. The first-order valence-electron chi connectivity index (χ1n) is 8.31. The van der Waals surface area contributed by atoms with E-state index in [1.807, 2.05) is 0 Å². The molecule has 0 saturated carbocycles. The Morgan fingerprint density at radius 1 is 0.857 bits per heavy atom. The summed E-state index contributed by atoms with van der Waals surface area (Å²) in [5, 5.41) is 2.77. The third kappa shape index (κ3) is 2.70. The lowest BCUT2D eigenvalue weighted by Crippen LogP contribution is -2.10. The minimum Gasteiger partial charge on any atom is -0.340 e. The Kier molecular flexibility index (Phi) is 4.28. The van der Waals surface area contributed by atoms with Crippen molar-refractivity contribution in [2.45, 2.75) is 46.1 Å². The number of rotatable bonds is 6. The van der Waals surface area contributed by atoms with Gasteiger partial charge in [0.25, 0.3) is 0 Å². The van der Waals surface area contributed by atoms with Crippen LogP contribution in [0.2, 0.25) is 0 Å². The third-order valence-corrected chi connectivity index (χ3v) is 4.66. The molecule has 0 aliphatic rings. The Balaban J connectivity index is 2.06. The zero-order valence-electron chi connectivity index (χ0n) is 13.2. The lowest BCUT2D eigenvalue weighted by molar-refractivity contribution is 0.401. The maximum absolute atomic E-state index is 2.54. The summed E-state index contributed by atoms with van der Waals surface area (Å²) in [6.07, 6.45) is 5.24. The van der Waals surface area contributed by atoms with Crippen LogP contribution in [0, 0.1) is 5.92 Å². The summed E-state index contributed by atoms with van der Waals surface area (Å²) >= 11 is 0. The van der Waals surface area contributed by atoms with E-state index in [0.717, 1.165) is 12.5 Å². The number of benzene rings is 2. The molecule has 0 N–H and O–H groups in total. The highest BCUT2D eigenvalue weighted by atomic mass is 15.0. The van der Waals surface area contributed by atoms with Gasteiger partial charge in [0.1, 0.15) is 0 Å². The number of fused-ring (bicyclic) bond motifs is 3. The molecule has 1 atom stereocenters. The highest BCUT2D eigenvalue weighted by molar-refractivity contribution is 6.07. The van der Waals surface area contributed by atoms with E-state index in [1.54, 1.807) is 0 Å². The number of unbranched alkanes of at least 4 members (excludes halogenated alkanes) is 1. The highest BCUT2D eigenvalue weighted by Gasteiger charge is 2.13. The largest absolute Gasteiger partial charge is 0.340 e. The fourth-order valence-corrected chi connectivity index (χ4v) is 3.38. The average Bonchev–Trinajstić information content (AvgIpc) is 2.86. The van der Waals surface area contributed by atoms with Crippen molar-refractivity contribution in [2.24, 2.45) is 5.92 Å². The molecule has 0 saturated heterocycles. The second kappa shape index (κ2) is 6.34. The molecule has 0 bridgehead atoms. The van der Waals surface area contributed by atoms with E-state index >= 15 is 0 Å². The molecule has 3 aromatic rings. The number of nitrogens with zero attached hydrogens (tertiary/aromatic N) is 1. The number of aromatic nitrogens is 1. The van der Waals surface area contributed by atoms with Crippen LogP contribution in [0.1, 0.15) is 39.5 Å². The fraction of sp³-hybridized carbons (Fsp3) is 0.400. The van der Waals surface area contributed by atoms with Gasteiger partial charge in [-0.2, -0.15) is 0 Å². The molecule has 0 spiro atoms. The van der Waals surface area contributed by atoms with Crippen molar-refractivity contribution in [3.05, 3.63) is 48.5 Å². The minimum atomic E-state index is 0.782. The highest BCUT2D eigenvalue weighted by Crippen LogP contribution is 2.30. The van der Waals surface area contributed by atoms with Crippen LogP contribution < -0.4 is 0 Å². The standard InChI is InChI=1S/C20H25N/c1-3-5-10-16(4-2)15-21-19-13-8-6-11-17(19)18-12-7-9-14-20(18)21/h6-9,11-14,16H,3-5,10,15H2,1-2H3/t16-/m1/s1. The van der Waals surface area contributed by atoms with Gasteiger partial charge in [0.05, 0.1) is 0 Å². The lowest BCUT2D eigenvalue weighted by Gasteiger charge is -2.17. The van der Waals surface area contributed by atoms with E-state index in [9.17, 15) is 0 Å². The van der Waals surface area contributed by atoms with Crippen LogP contribution >= 0.6 is 0 Å². The van der Waals surface area contributed by atoms with Gasteiger partial charge in [0.15, 0.2) is 0 Å². The molecule has 1 heterocycles. The van der Waals surface area contributed by atoms with Crippen molar-refractivity contribution in [2.75, 3.05) is 0 Å². The Labute approximate surface area is 127 Å². The molecule has 3 rings (SSSR count). The van der Waals surface area contributed by atoms with E-state index in [0.29, 0.717) is 0 Å². The van der Waals surface area contributed by atoms with Gasteiger partial charge in [-0.05, 0) is 24.5 Å². The van der Waals surface area contributed by atoms with Crippen LogP contribution in [0.15, 0.2) is 48.5 Å². The Morgan fingerprint density at radius 3 is 1.95 bits per heavy atom. The smallest absolute Gasteiger partial charge is 0.0491 e. The molecular weight excluding hydrogens is 254 g/mol. The molecule has 0 radical (unpaired) electrons. The zero-order valence-corrected chi connectivity index (χ0v) is 13.2. The van der Waals surface area contributed by atoms with Crippen LogP contribution in [-0.2, 0) is 6.54 Å². The summed E-state index contributed by atoms with van der Waals surface area (Å²) in [6.45, 7) is 5.76. The first-order chi connectivity index (χ1) is 10.3. The molecule has 0 aliphatic carbocycles. The second-order valence-electron chi connectivity index (χ2n) is 6.06. The topological polar surface area (TPSA) is 4.93 Å². The summed E-state index contributed by atoms with van der Waals surface area (Å²) in [5.74, 6) is 0.782. The van der Waals surface area contributed by atoms with E-state index in [1.165, 1.54) is 47.5 Å². The maximum atomic E-state index is 2.54. The zero-order chi connectivity index (χ0) is 14.7. The van der Waals surface area contributed by atoms with Gasteiger partial charge in [-0.3, -0.25) is 0 Å². The van der Waals surface area contributed by atoms with E-state index in [2.05, 4.69) is 66.9 Å². The molecule has 0 unspecified atom stereocenters. The summed E-state index contributed by atoms with van der Waals surface area (Å²) < 4.78 is 2.54. The molecule has 1 nitrogen and oxygen atoms in total. The molecule has 0 amide bonds. The van der Waals surface area contributed by atoms with E-state index in [-0.39, 0.29) is 0 Å². The number of hydrogen-bond acceptors (Lipinski definition) is 0. The van der Waals surface area contributed by atoms with Gasteiger partial charge in [0, 0.05) is 28.4 Å². The fourth-order valence-electron chi connectivity index (χ4n) is 3.38. The van der Waals surface area contributed by atoms with Gasteiger partial charge in [-0.15, -0.1) is 0 Å². The normalized spacial score (nSPS) is 13.0.